The highest BCUT2D eigenvalue weighted by atomic mass is 32.1. The van der Waals surface area contributed by atoms with Crippen LogP contribution in [0.15, 0.2) is 309 Å². The molecule has 14 aromatic rings. The van der Waals surface area contributed by atoms with Crippen molar-refractivity contribution in [2.75, 3.05) is 13.2 Å². The first-order valence-electron chi connectivity index (χ1n) is 32.5. The van der Waals surface area contributed by atoms with Crippen LogP contribution in [0.1, 0.15) is 28.3 Å². The van der Waals surface area contributed by atoms with E-state index in [4.69, 9.17) is 19.4 Å². The second-order valence-corrected chi connectivity index (χ2v) is 24.2. The third-order valence-electron chi connectivity index (χ3n) is 18.1. The van der Waals surface area contributed by atoms with Crippen LogP contribution in [0.3, 0.4) is 0 Å². The zero-order chi connectivity index (χ0) is 64.2. The van der Waals surface area contributed by atoms with Gasteiger partial charge in [-0.25, -0.2) is 9.97 Å². The van der Waals surface area contributed by atoms with Crippen molar-refractivity contribution < 1.29 is 9.47 Å². The zero-order valence-corrected chi connectivity index (χ0v) is 53.4. The number of para-hydroxylation sites is 1. The van der Waals surface area contributed by atoms with Crippen LogP contribution in [0.4, 0.5) is 0 Å². The van der Waals surface area contributed by atoms with Gasteiger partial charge >= 0.3 is 0 Å². The highest BCUT2D eigenvalue weighted by molar-refractivity contribution is 7.79. The Labute approximate surface area is 564 Å². The maximum Gasteiger partial charge on any atom is 0.127 e. The van der Waals surface area contributed by atoms with Gasteiger partial charge in [-0.2, -0.15) is 12.6 Å². The maximum absolute atomic E-state index is 6.86. The number of aromatic amines is 2. The lowest BCUT2D eigenvalue weighted by molar-refractivity contribution is 0.217. The van der Waals surface area contributed by atoms with Gasteiger partial charge in [0.1, 0.15) is 24.7 Å². The molecule has 3 aromatic heterocycles. The molecule has 8 bridgehead atoms. The molecule has 0 fully saturated rings. The van der Waals surface area contributed by atoms with Gasteiger partial charge in [-0.1, -0.05) is 267 Å². The summed E-state index contributed by atoms with van der Waals surface area (Å²) in [5.41, 5.74) is 28.4. The Kier molecular flexibility index (Phi) is 16.3. The highest BCUT2D eigenvalue weighted by Gasteiger charge is 2.27. The lowest BCUT2D eigenvalue weighted by Crippen LogP contribution is -2.09. The lowest BCUT2D eigenvalue weighted by Gasteiger charge is -2.18. The van der Waals surface area contributed by atoms with E-state index in [-0.39, 0.29) is 0 Å². The summed E-state index contributed by atoms with van der Waals surface area (Å²) in [5.74, 6) is 2.12. The summed E-state index contributed by atoms with van der Waals surface area (Å²) >= 11 is 4.47. The SMILES string of the molecule is SCc1ccc(OCCOc2ccccc2-c2c3nc(c(-c4c(-c5ccccc5)cccc4-c4ccccc4)c4ccc([nH]4)c(-c4c(-c5ccccc5)cccc4-c4ccccc4)c4nc(c(-c5c(-c6ccccc6)cccc5-c5ccccc5)c5ccc2[nH]5)C=C4)C=C3)cc1. The molecule has 0 saturated carbocycles. The van der Waals surface area contributed by atoms with Crippen molar-refractivity contribution in [3.8, 4) is 123 Å². The first-order chi connectivity index (χ1) is 47.6. The van der Waals surface area contributed by atoms with Gasteiger partial charge in [-0.15, -0.1) is 0 Å². The summed E-state index contributed by atoms with van der Waals surface area (Å²) in [6.45, 7) is 0.626. The molecule has 0 spiro atoms. The minimum atomic E-state index is 0.295. The average Bonchev–Trinajstić information content (AvgIpc) is 1.28. The van der Waals surface area contributed by atoms with Gasteiger partial charge in [0, 0.05) is 72.3 Å². The van der Waals surface area contributed by atoms with Gasteiger partial charge in [0.05, 0.1) is 22.8 Å². The van der Waals surface area contributed by atoms with E-state index in [1.807, 2.05) is 36.4 Å². The van der Waals surface area contributed by atoms with Crippen molar-refractivity contribution in [1.82, 2.24) is 19.9 Å². The van der Waals surface area contributed by atoms with Crippen LogP contribution in [0.5, 0.6) is 11.5 Å². The van der Waals surface area contributed by atoms with Crippen LogP contribution in [0.25, 0.3) is 158 Å². The molecule has 11 aromatic carbocycles. The Balaban J connectivity index is 1.06. The number of aromatic nitrogens is 4. The van der Waals surface area contributed by atoms with Crippen LogP contribution >= 0.6 is 12.6 Å². The number of nitrogens with one attached hydrogen (secondary N) is 2. The summed E-state index contributed by atoms with van der Waals surface area (Å²) in [5, 5.41) is 0. The van der Waals surface area contributed by atoms with Crippen molar-refractivity contribution in [3.63, 3.8) is 0 Å². The van der Waals surface area contributed by atoms with Crippen LogP contribution in [-0.4, -0.2) is 33.1 Å². The molecule has 458 valence electrons. The van der Waals surface area contributed by atoms with Gasteiger partial charge in [-0.05, 0) is 139 Å². The van der Waals surface area contributed by atoms with Gasteiger partial charge in [0.25, 0.3) is 0 Å². The van der Waals surface area contributed by atoms with Crippen LogP contribution in [0.2, 0.25) is 0 Å². The second kappa shape index (κ2) is 26.5. The number of nitrogens with zero attached hydrogens (tertiary/aromatic N) is 2. The number of hydrogen-bond donors (Lipinski definition) is 3. The Morgan fingerprint density at radius 3 is 0.865 bits per heavy atom. The van der Waals surface area contributed by atoms with Gasteiger partial charge in [0.2, 0.25) is 0 Å². The van der Waals surface area contributed by atoms with Gasteiger partial charge in [-0.3, -0.25) is 0 Å². The van der Waals surface area contributed by atoms with Gasteiger partial charge in [0.15, 0.2) is 0 Å². The quantitative estimate of drug-likeness (QED) is 0.0666. The average molecular weight is 1250 g/mol. The third-order valence-corrected chi connectivity index (χ3v) is 18.4. The molecule has 2 N–H and O–H groups in total. The minimum absolute atomic E-state index is 0.295. The fourth-order valence-electron chi connectivity index (χ4n) is 13.7. The van der Waals surface area contributed by atoms with E-state index in [0.29, 0.717) is 24.7 Å². The standard InChI is InChI=1S/C89H64N4O2S/c96-58-59-44-46-66(47-45-59)94-56-57-95-82-43-20-19-36-73(82)86-74-48-50-76(90-74)87(83-67(60-24-7-1-8-25-60)37-21-38-68(83)61-26-9-2-10-27-61)78-52-54-80(92-78)89(85-71(64-32-15-5-16-33-64)41-23-42-72(85)65-34-17-6-18-35-65)81-55-53-79(93-81)88(77-51-49-75(86)91-77)84-69(62-28-11-3-12-29-62)39-22-40-70(84)63-30-13-4-14-31-63/h1-55,90,93,96H,56-58H2. The van der Waals surface area contributed by atoms with E-state index < -0.39 is 0 Å². The molecule has 0 aliphatic carbocycles. The Morgan fingerprint density at radius 1 is 0.250 bits per heavy atom. The first kappa shape index (κ1) is 59.0. The van der Waals surface area contributed by atoms with Crippen LogP contribution in [-0.2, 0) is 5.75 Å². The van der Waals surface area contributed by atoms with Crippen molar-refractivity contribution in [3.05, 3.63) is 338 Å². The van der Waals surface area contributed by atoms with Crippen molar-refractivity contribution in [2.24, 2.45) is 0 Å². The van der Waals surface area contributed by atoms with E-state index in [2.05, 4.69) is 320 Å². The number of ether oxygens (including phenoxy) is 2. The minimum Gasteiger partial charge on any atom is -0.490 e. The molecule has 2 aliphatic heterocycles. The molecule has 16 rings (SSSR count). The van der Waals surface area contributed by atoms with E-state index in [9.17, 15) is 0 Å². The summed E-state index contributed by atoms with van der Waals surface area (Å²) in [4.78, 5) is 20.3. The number of fused-ring (bicyclic) bond motifs is 8. The molecule has 96 heavy (non-hydrogen) atoms. The molecule has 0 atom stereocenters. The van der Waals surface area contributed by atoms with Gasteiger partial charge < -0.3 is 19.4 Å². The predicted octanol–water partition coefficient (Wildman–Crippen LogP) is 23.2. The monoisotopic (exact) mass is 1250 g/mol. The summed E-state index contributed by atoms with van der Waals surface area (Å²) in [6.07, 6.45) is 8.79. The zero-order valence-electron chi connectivity index (χ0n) is 52.5. The predicted molar refractivity (Wildman–Crippen MR) is 403 cm³/mol. The number of hydrogen-bond acceptors (Lipinski definition) is 5. The molecule has 0 saturated heterocycles. The third kappa shape index (κ3) is 11.5. The molecular weight excluding hydrogens is 1190 g/mol. The molecule has 0 radical (unpaired) electrons. The number of thiol groups is 1. The highest BCUT2D eigenvalue weighted by Crippen LogP contribution is 2.50. The molecule has 6 nitrogen and oxygen atoms in total. The van der Waals surface area contributed by atoms with Crippen molar-refractivity contribution in [2.45, 2.75) is 5.75 Å². The Bertz CT molecular complexity index is 5120. The van der Waals surface area contributed by atoms with E-state index in [1.54, 1.807) is 0 Å². The fraction of sp³-hybridized carbons (Fsp3) is 0.0337. The second-order valence-electron chi connectivity index (χ2n) is 23.9. The molecular formula is C89H64N4O2S. The Hall–Kier alpha value is -12.0. The normalized spacial score (nSPS) is 11.6. The maximum atomic E-state index is 6.86. The van der Waals surface area contributed by atoms with E-state index in [1.165, 1.54) is 0 Å². The molecule has 0 unspecified atom stereocenters. The molecule has 0 amide bonds. The molecule has 5 heterocycles. The number of rotatable bonds is 16. The smallest absolute Gasteiger partial charge is 0.127 e. The van der Waals surface area contributed by atoms with Crippen LogP contribution in [0, 0.1) is 0 Å². The Morgan fingerprint density at radius 2 is 0.531 bits per heavy atom. The lowest BCUT2D eigenvalue weighted by atomic mass is 9.87. The van der Waals surface area contributed by atoms with Crippen molar-refractivity contribution >= 4 is 59.0 Å². The molecule has 7 heteroatoms. The topological polar surface area (TPSA) is 75.8 Å². The largest absolute Gasteiger partial charge is 0.490 e. The van der Waals surface area contributed by atoms with E-state index in [0.717, 1.165) is 167 Å². The number of H-pyrrole nitrogens is 2. The van der Waals surface area contributed by atoms with Crippen molar-refractivity contribution in [1.29, 1.82) is 0 Å². The first-order valence-corrected chi connectivity index (χ1v) is 33.2. The van der Waals surface area contributed by atoms with E-state index >= 15 is 0 Å². The number of benzene rings is 11. The van der Waals surface area contributed by atoms with Crippen LogP contribution < -0.4 is 9.47 Å². The summed E-state index contributed by atoms with van der Waals surface area (Å²) in [7, 11) is 0. The molecule has 2 aliphatic rings. The summed E-state index contributed by atoms with van der Waals surface area (Å²) < 4.78 is 13.1. The fourth-order valence-corrected chi connectivity index (χ4v) is 13.9. The summed E-state index contributed by atoms with van der Waals surface area (Å²) in [6, 6.07) is 110.